The van der Waals surface area contributed by atoms with Crippen LogP contribution in [0.25, 0.3) is 61.0 Å². The molecule has 0 fully saturated rings. The summed E-state index contributed by atoms with van der Waals surface area (Å²) in [6.07, 6.45) is 1.87. The van der Waals surface area contributed by atoms with Crippen LogP contribution >= 0.6 is 0 Å². The Morgan fingerprint density at radius 1 is 0.630 bits per heavy atom. The summed E-state index contributed by atoms with van der Waals surface area (Å²) < 4.78 is 2.32. The smallest absolute Gasteiger partial charge is 0.147 e. The quantitative estimate of drug-likeness (QED) is 0.199. The van der Waals surface area contributed by atoms with Crippen molar-refractivity contribution in [2.24, 2.45) is 0 Å². The first kappa shape index (κ1) is 32.2. The minimum absolute atomic E-state index is 0.0531. The lowest BCUT2D eigenvalue weighted by atomic mass is 9.73. The highest BCUT2D eigenvalue weighted by Crippen LogP contribution is 2.52. The number of nitrogens with one attached hydrogen (secondary N) is 1. The first-order chi connectivity index (χ1) is 26.2. The third-order valence-electron chi connectivity index (χ3n) is 11.4. The Bertz CT molecular complexity index is 2890. The Kier molecular flexibility index (Phi) is 7.02. The molecule has 4 heterocycles. The topological polar surface area (TPSA) is 49.7 Å². The number of imidazole rings is 1. The first-order valence-electron chi connectivity index (χ1n) is 18.8. The molecular weight excluding hydrogens is 659 g/mol. The van der Waals surface area contributed by atoms with E-state index in [2.05, 4.69) is 189 Å². The van der Waals surface area contributed by atoms with Gasteiger partial charge in [-0.05, 0) is 88.3 Å². The molecule has 0 bridgehead atoms. The van der Waals surface area contributed by atoms with Gasteiger partial charge in [-0.3, -0.25) is 9.47 Å². The summed E-state index contributed by atoms with van der Waals surface area (Å²) >= 11 is 0. The number of pyridine rings is 1. The van der Waals surface area contributed by atoms with Crippen molar-refractivity contribution < 1.29 is 0 Å². The van der Waals surface area contributed by atoms with Crippen LogP contribution in [0.15, 0.2) is 152 Å². The largest absolute Gasteiger partial charge is 0.354 e. The number of hydrogen-bond donors (Lipinski definition) is 1. The van der Waals surface area contributed by atoms with E-state index < -0.39 is 0 Å². The molecule has 0 unspecified atom stereocenters. The molecular formula is C49H41N5. The molecule has 0 radical (unpaired) electrons. The van der Waals surface area contributed by atoms with E-state index in [9.17, 15) is 0 Å². The third kappa shape index (κ3) is 4.85. The number of rotatable bonds is 4. The highest BCUT2D eigenvalue weighted by Gasteiger charge is 2.37. The summed E-state index contributed by atoms with van der Waals surface area (Å²) in [5.41, 5.74) is 14.6. The summed E-state index contributed by atoms with van der Waals surface area (Å²) in [4.78, 5) is 16.5. The molecule has 0 saturated heterocycles. The highest BCUT2D eigenvalue weighted by molar-refractivity contribution is 6.12. The van der Waals surface area contributed by atoms with Crippen LogP contribution in [0.4, 0.5) is 17.2 Å². The first-order valence-corrected chi connectivity index (χ1v) is 18.8. The zero-order valence-electron chi connectivity index (χ0n) is 31.2. The summed E-state index contributed by atoms with van der Waals surface area (Å²) in [6, 6.07) is 52.3. The molecule has 5 nitrogen and oxygen atoms in total. The van der Waals surface area contributed by atoms with Crippen molar-refractivity contribution >= 4 is 50.0 Å². The van der Waals surface area contributed by atoms with Gasteiger partial charge >= 0.3 is 0 Å². The van der Waals surface area contributed by atoms with Gasteiger partial charge in [-0.1, -0.05) is 120 Å². The van der Waals surface area contributed by atoms with Crippen LogP contribution in [0, 0.1) is 0 Å². The van der Waals surface area contributed by atoms with E-state index in [0.29, 0.717) is 0 Å². The minimum atomic E-state index is -0.199. The molecule has 0 atom stereocenters. The number of nitrogens with zero attached hydrogens (tertiary/aromatic N) is 4. The maximum Gasteiger partial charge on any atom is 0.147 e. The second-order valence-corrected chi connectivity index (χ2v) is 16.0. The molecule has 1 aliphatic heterocycles. The van der Waals surface area contributed by atoms with Crippen LogP contribution in [0.5, 0.6) is 0 Å². The molecule has 0 spiro atoms. The van der Waals surface area contributed by atoms with Gasteiger partial charge < -0.3 is 4.98 Å². The Balaban J connectivity index is 1.21. The summed E-state index contributed by atoms with van der Waals surface area (Å²) in [6.45, 7) is 11.5. The maximum atomic E-state index is 5.58. The Morgan fingerprint density at radius 2 is 1.39 bits per heavy atom. The summed E-state index contributed by atoms with van der Waals surface area (Å²) in [5.74, 6) is 1.80. The van der Waals surface area contributed by atoms with Crippen molar-refractivity contribution in [2.45, 2.75) is 45.4 Å². The number of aromatic nitrogens is 4. The van der Waals surface area contributed by atoms with Crippen molar-refractivity contribution in [2.75, 3.05) is 4.90 Å². The molecule has 0 aliphatic carbocycles. The van der Waals surface area contributed by atoms with Crippen molar-refractivity contribution in [3.63, 3.8) is 0 Å². The van der Waals surface area contributed by atoms with E-state index in [4.69, 9.17) is 9.97 Å². The molecule has 6 aromatic carbocycles. The van der Waals surface area contributed by atoms with Crippen LogP contribution in [0.3, 0.4) is 0 Å². The number of anilines is 3. The van der Waals surface area contributed by atoms with Crippen molar-refractivity contribution in [1.82, 2.24) is 19.5 Å². The normalized spacial score (nSPS) is 13.8. The summed E-state index contributed by atoms with van der Waals surface area (Å²) in [7, 11) is 0. The Hall–Kier alpha value is -6.46. The van der Waals surface area contributed by atoms with Crippen LogP contribution in [-0.2, 0) is 10.8 Å². The number of benzene rings is 6. The number of fused-ring (bicyclic) bond motifs is 6. The molecule has 0 saturated carbocycles. The van der Waals surface area contributed by atoms with Gasteiger partial charge in [-0.25, -0.2) is 9.97 Å². The van der Waals surface area contributed by atoms with Crippen LogP contribution < -0.4 is 4.90 Å². The Morgan fingerprint density at radius 3 is 2.20 bits per heavy atom. The van der Waals surface area contributed by atoms with Gasteiger partial charge in [0, 0.05) is 44.7 Å². The maximum absolute atomic E-state index is 5.58. The number of hydrogen-bond acceptors (Lipinski definition) is 3. The SMILES string of the molecule is CC(C)(C)c1ccc2[nH]c3c(-c4nc5c(-c6ccc7c(c6)N(c6ccccn6)c6ccccc6C7(C)C)cccc5n4-c4ccccc4)cccc3c2c1. The number of H-pyrrole nitrogens is 1. The predicted octanol–water partition coefficient (Wildman–Crippen LogP) is 12.8. The van der Waals surface area contributed by atoms with E-state index >= 15 is 0 Å². The minimum Gasteiger partial charge on any atom is -0.354 e. The van der Waals surface area contributed by atoms with Crippen molar-refractivity contribution in [3.8, 4) is 28.2 Å². The van der Waals surface area contributed by atoms with Gasteiger partial charge in [0.25, 0.3) is 0 Å². The van der Waals surface area contributed by atoms with Gasteiger partial charge in [-0.2, -0.15) is 0 Å². The fraction of sp³-hybridized carbons (Fsp3) is 0.143. The standard InChI is InChI=1S/C49H41N5/c1-48(2,3)32-25-27-40-37(30-32)35-18-13-19-36(45(35)51-40)47-52-46-34(17-14-22-42(46)53(47)33-15-7-6-8-16-33)31-24-26-39-43(29-31)54(44-23-11-12-28-50-44)41-21-10-9-20-38(41)49(39,4)5/h6-30,51H,1-5H3. The molecule has 54 heavy (non-hydrogen) atoms. The lowest BCUT2D eigenvalue weighted by Gasteiger charge is -2.41. The van der Waals surface area contributed by atoms with Crippen LogP contribution in [0.2, 0.25) is 0 Å². The van der Waals surface area contributed by atoms with Crippen LogP contribution in [0.1, 0.15) is 51.3 Å². The molecule has 9 aromatic rings. The number of aromatic amines is 1. The average Bonchev–Trinajstić information content (AvgIpc) is 3.77. The predicted molar refractivity (Wildman–Crippen MR) is 225 cm³/mol. The lowest BCUT2D eigenvalue weighted by molar-refractivity contribution is 0.591. The van der Waals surface area contributed by atoms with Gasteiger partial charge in [-0.15, -0.1) is 0 Å². The third-order valence-corrected chi connectivity index (χ3v) is 11.4. The molecule has 0 amide bonds. The second kappa shape index (κ2) is 11.8. The molecule has 262 valence electrons. The molecule has 1 aliphatic rings. The molecule has 5 heteroatoms. The van der Waals surface area contributed by atoms with Crippen molar-refractivity contribution in [3.05, 3.63) is 168 Å². The fourth-order valence-corrected chi connectivity index (χ4v) is 8.54. The molecule has 1 N–H and O–H groups in total. The summed E-state index contributed by atoms with van der Waals surface area (Å²) in [5, 5.41) is 2.44. The lowest BCUT2D eigenvalue weighted by Crippen LogP contribution is -2.30. The molecule has 10 rings (SSSR count). The number of para-hydroxylation sites is 4. The monoisotopic (exact) mass is 699 g/mol. The zero-order valence-corrected chi connectivity index (χ0v) is 31.2. The van der Waals surface area contributed by atoms with Gasteiger partial charge in [0.15, 0.2) is 0 Å². The van der Waals surface area contributed by atoms with E-state index in [1.165, 1.54) is 27.5 Å². The molecule has 3 aromatic heterocycles. The van der Waals surface area contributed by atoms with E-state index in [1.807, 2.05) is 12.3 Å². The van der Waals surface area contributed by atoms with Gasteiger partial charge in [0.2, 0.25) is 0 Å². The van der Waals surface area contributed by atoms with Crippen LogP contribution in [-0.4, -0.2) is 19.5 Å². The average molecular weight is 700 g/mol. The van der Waals surface area contributed by atoms with Crippen molar-refractivity contribution in [1.29, 1.82) is 0 Å². The second-order valence-electron chi connectivity index (χ2n) is 16.0. The highest BCUT2D eigenvalue weighted by atomic mass is 15.2. The van der Waals surface area contributed by atoms with E-state index in [0.717, 1.165) is 67.5 Å². The van der Waals surface area contributed by atoms with Gasteiger partial charge in [0.05, 0.1) is 27.9 Å². The fourth-order valence-electron chi connectivity index (χ4n) is 8.54. The van der Waals surface area contributed by atoms with E-state index in [-0.39, 0.29) is 10.8 Å². The van der Waals surface area contributed by atoms with E-state index in [1.54, 1.807) is 0 Å². The van der Waals surface area contributed by atoms with Gasteiger partial charge in [0.1, 0.15) is 11.6 Å². The zero-order chi connectivity index (χ0) is 36.8. The Labute approximate surface area is 315 Å².